The number of likely N-dealkylation sites (N-methyl/N-ethyl adjacent to an activating group) is 1. The Kier molecular flexibility index (Phi) is 6.99. The van der Waals surface area contributed by atoms with Crippen LogP contribution in [0.5, 0.6) is 11.8 Å². The van der Waals surface area contributed by atoms with Gasteiger partial charge in [-0.3, -0.25) is 10.1 Å². The maximum atomic E-state index is 12.5. The van der Waals surface area contributed by atoms with E-state index < -0.39 is 17.9 Å². The van der Waals surface area contributed by atoms with Gasteiger partial charge in [-0.05, 0) is 48.1 Å². The highest BCUT2D eigenvalue weighted by Gasteiger charge is 2.13. The Balaban J connectivity index is 1.67. The highest BCUT2D eigenvalue weighted by atomic mass is 16.7. The number of nitrogens with one attached hydrogen (secondary N) is 2. The van der Waals surface area contributed by atoms with Crippen LogP contribution >= 0.6 is 0 Å². The molecule has 0 aliphatic rings. The lowest BCUT2D eigenvalue weighted by atomic mass is 10.1. The van der Waals surface area contributed by atoms with Crippen molar-refractivity contribution in [3.63, 3.8) is 0 Å². The summed E-state index contributed by atoms with van der Waals surface area (Å²) in [5.74, 6) is -0.990. The van der Waals surface area contributed by atoms with Gasteiger partial charge in [0.15, 0.2) is 0 Å². The summed E-state index contributed by atoms with van der Waals surface area (Å²) in [6, 6.07) is 12.9. The third-order valence-corrected chi connectivity index (χ3v) is 4.93. The van der Waals surface area contributed by atoms with Crippen molar-refractivity contribution >= 4 is 28.5 Å². The van der Waals surface area contributed by atoms with Crippen LogP contribution in [0.2, 0.25) is 0 Å². The maximum Gasteiger partial charge on any atom is 0.436 e. The molecule has 3 rings (SSSR count). The molecule has 0 saturated heterocycles. The number of hydrogen-bond donors (Lipinski definition) is 4. The van der Waals surface area contributed by atoms with E-state index in [1.54, 1.807) is 30.3 Å². The predicted molar refractivity (Wildman–Crippen MR) is 117 cm³/mol. The Morgan fingerprint density at radius 1 is 0.968 bits per heavy atom. The molecule has 0 radical (unpaired) electrons. The first-order valence-electron chi connectivity index (χ1n) is 10.0. The number of hydrogen-bond acceptors (Lipinski definition) is 6. The van der Waals surface area contributed by atoms with E-state index in [1.165, 1.54) is 12.1 Å². The van der Waals surface area contributed by atoms with Crippen molar-refractivity contribution in [1.82, 2.24) is 14.9 Å². The molecule has 0 aliphatic carbocycles. The van der Waals surface area contributed by atoms with Crippen LogP contribution in [0.25, 0.3) is 10.8 Å². The molecule has 164 valence electrons. The standard InChI is InChI=1S/C22H26N4O5/c1-3-25(4-2)12-11-23-21(29)16-6-5-15-7-8-18(14-17(15)13-16)24-22(30)31-26-19(27)9-10-20(26)28/h5-10,13-14,27-28H,3-4,11-12H2,1-2H3,(H,23,29)(H,24,30). The van der Waals surface area contributed by atoms with Gasteiger partial charge in [0.25, 0.3) is 5.91 Å². The molecule has 0 aliphatic heterocycles. The number of fused-ring (bicyclic) bond motifs is 1. The van der Waals surface area contributed by atoms with E-state index >= 15 is 0 Å². The molecule has 2 amide bonds. The topological polar surface area (TPSA) is 116 Å². The van der Waals surface area contributed by atoms with Crippen LogP contribution in [-0.4, -0.2) is 58.0 Å². The van der Waals surface area contributed by atoms with Crippen molar-refractivity contribution in [2.24, 2.45) is 0 Å². The van der Waals surface area contributed by atoms with E-state index in [0.717, 1.165) is 30.4 Å². The SMILES string of the molecule is CCN(CC)CCNC(=O)c1ccc2ccc(NC(=O)On3c(O)ccc3O)cc2c1. The van der Waals surface area contributed by atoms with Crippen molar-refractivity contribution in [1.29, 1.82) is 0 Å². The van der Waals surface area contributed by atoms with Crippen molar-refractivity contribution in [3.05, 3.63) is 54.1 Å². The van der Waals surface area contributed by atoms with E-state index in [2.05, 4.69) is 29.4 Å². The third-order valence-electron chi connectivity index (χ3n) is 4.93. The smallest absolute Gasteiger partial charge is 0.436 e. The summed E-state index contributed by atoms with van der Waals surface area (Å²) >= 11 is 0. The first-order valence-corrected chi connectivity index (χ1v) is 10.0. The minimum absolute atomic E-state index is 0.162. The molecule has 4 N–H and O–H groups in total. The van der Waals surface area contributed by atoms with Gasteiger partial charge in [-0.25, -0.2) is 4.79 Å². The predicted octanol–water partition coefficient (Wildman–Crippen LogP) is 2.78. The highest BCUT2D eigenvalue weighted by molar-refractivity contribution is 5.99. The fourth-order valence-electron chi connectivity index (χ4n) is 3.15. The van der Waals surface area contributed by atoms with Gasteiger partial charge in [0, 0.05) is 36.5 Å². The number of carbonyl (C=O) groups excluding carboxylic acids is 2. The normalized spacial score (nSPS) is 10.9. The van der Waals surface area contributed by atoms with Gasteiger partial charge in [-0.15, -0.1) is 4.73 Å². The van der Waals surface area contributed by atoms with Crippen molar-refractivity contribution in [2.75, 3.05) is 31.5 Å². The molecule has 2 aromatic carbocycles. The van der Waals surface area contributed by atoms with Crippen LogP contribution in [0, 0.1) is 0 Å². The first kappa shape index (κ1) is 22.0. The first-order chi connectivity index (χ1) is 14.9. The van der Waals surface area contributed by atoms with Gasteiger partial charge in [0.05, 0.1) is 0 Å². The minimum Gasteiger partial charge on any atom is -0.492 e. The van der Waals surface area contributed by atoms with Gasteiger partial charge < -0.3 is 25.3 Å². The molecule has 3 aromatic rings. The molecule has 0 fully saturated rings. The molecule has 0 unspecified atom stereocenters. The molecule has 1 heterocycles. The van der Waals surface area contributed by atoms with Crippen molar-refractivity contribution in [3.8, 4) is 11.8 Å². The summed E-state index contributed by atoms with van der Waals surface area (Å²) in [4.78, 5) is 31.7. The van der Waals surface area contributed by atoms with Gasteiger partial charge in [0.1, 0.15) is 0 Å². The number of benzene rings is 2. The Morgan fingerprint density at radius 2 is 1.65 bits per heavy atom. The zero-order chi connectivity index (χ0) is 22.4. The summed E-state index contributed by atoms with van der Waals surface area (Å²) in [7, 11) is 0. The number of anilines is 1. The molecule has 9 heteroatoms. The Hall–Kier alpha value is -3.72. The molecule has 0 saturated carbocycles. The fraction of sp³-hybridized carbons (Fsp3) is 0.273. The molecular weight excluding hydrogens is 400 g/mol. The highest BCUT2D eigenvalue weighted by Crippen LogP contribution is 2.22. The zero-order valence-corrected chi connectivity index (χ0v) is 17.5. The van der Waals surface area contributed by atoms with Gasteiger partial charge in [-0.2, -0.15) is 0 Å². The second kappa shape index (κ2) is 9.86. The second-order valence-corrected chi connectivity index (χ2v) is 6.91. The van der Waals surface area contributed by atoms with E-state index in [9.17, 15) is 19.8 Å². The molecule has 0 bridgehead atoms. The Morgan fingerprint density at radius 3 is 2.32 bits per heavy atom. The maximum absolute atomic E-state index is 12.5. The lowest BCUT2D eigenvalue weighted by Crippen LogP contribution is -2.34. The fourth-order valence-corrected chi connectivity index (χ4v) is 3.15. The third kappa shape index (κ3) is 5.46. The van der Waals surface area contributed by atoms with Crippen molar-refractivity contribution in [2.45, 2.75) is 13.8 Å². The Bertz CT molecular complexity index is 1060. The number of aromatic hydroxyl groups is 2. The number of amides is 2. The number of nitrogens with zero attached hydrogens (tertiary/aromatic N) is 2. The molecule has 1 aromatic heterocycles. The minimum atomic E-state index is -0.897. The largest absolute Gasteiger partial charge is 0.492 e. The van der Waals surface area contributed by atoms with E-state index in [4.69, 9.17) is 4.84 Å². The van der Waals surface area contributed by atoms with E-state index in [-0.39, 0.29) is 5.91 Å². The molecule has 0 spiro atoms. The summed E-state index contributed by atoms with van der Waals surface area (Å²) < 4.78 is 0.594. The number of carbonyl (C=O) groups is 2. The lowest BCUT2D eigenvalue weighted by Gasteiger charge is -2.18. The summed E-state index contributed by atoms with van der Waals surface area (Å²) in [6.07, 6.45) is -0.897. The van der Waals surface area contributed by atoms with E-state index in [1.807, 2.05) is 6.07 Å². The average Bonchev–Trinajstić information content (AvgIpc) is 3.08. The second-order valence-electron chi connectivity index (χ2n) is 6.91. The van der Waals surface area contributed by atoms with Crippen LogP contribution in [0.3, 0.4) is 0 Å². The van der Waals surface area contributed by atoms with E-state index in [0.29, 0.717) is 22.5 Å². The number of aromatic nitrogens is 1. The molecule has 9 nitrogen and oxygen atoms in total. The molecule has 0 atom stereocenters. The monoisotopic (exact) mass is 426 g/mol. The zero-order valence-electron chi connectivity index (χ0n) is 17.5. The van der Waals surface area contributed by atoms with Crippen LogP contribution in [-0.2, 0) is 0 Å². The van der Waals surface area contributed by atoms with Crippen LogP contribution in [0.4, 0.5) is 10.5 Å². The summed E-state index contributed by atoms with van der Waals surface area (Å²) in [5, 5.41) is 26.2. The van der Waals surface area contributed by atoms with Crippen LogP contribution < -0.4 is 15.5 Å². The van der Waals surface area contributed by atoms with Crippen molar-refractivity contribution < 1.29 is 24.6 Å². The van der Waals surface area contributed by atoms with Gasteiger partial charge in [0.2, 0.25) is 11.8 Å². The summed E-state index contributed by atoms with van der Waals surface area (Å²) in [6.45, 7) is 7.38. The van der Waals surface area contributed by atoms with Crippen LogP contribution in [0.1, 0.15) is 24.2 Å². The van der Waals surface area contributed by atoms with Gasteiger partial charge >= 0.3 is 6.09 Å². The molecule has 31 heavy (non-hydrogen) atoms. The molecular formula is C22H26N4O5. The number of rotatable bonds is 8. The lowest BCUT2D eigenvalue weighted by molar-refractivity contribution is 0.0949. The van der Waals surface area contributed by atoms with Gasteiger partial charge in [-0.1, -0.05) is 26.0 Å². The quantitative estimate of drug-likeness (QED) is 0.440. The average molecular weight is 426 g/mol. The van der Waals surface area contributed by atoms with Crippen LogP contribution in [0.15, 0.2) is 48.5 Å². The Labute approximate surface area is 179 Å². The summed E-state index contributed by atoms with van der Waals surface area (Å²) in [5.41, 5.74) is 0.955.